The Morgan fingerprint density at radius 2 is 1.87 bits per heavy atom. The fraction of sp³-hybridized carbons (Fsp3) is 0.105. The van der Waals surface area contributed by atoms with Gasteiger partial charge in [-0.05, 0) is 24.3 Å². The van der Waals surface area contributed by atoms with Gasteiger partial charge in [-0.15, -0.1) is 11.3 Å². The fourth-order valence-electron chi connectivity index (χ4n) is 2.87. The van der Waals surface area contributed by atoms with Crippen LogP contribution in [-0.4, -0.2) is 34.4 Å². The van der Waals surface area contributed by atoms with Crippen LogP contribution in [0, 0.1) is 0 Å². The first-order chi connectivity index (χ1) is 14.5. The minimum atomic E-state index is -4.68. The van der Waals surface area contributed by atoms with E-state index in [1.165, 1.54) is 29.5 Å². The zero-order valence-electron chi connectivity index (χ0n) is 15.6. The van der Waals surface area contributed by atoms with E-state index < -0.39 is 21.7 Å². The smallest absolute Gasteiger partial charge is 0.245 e. The Kier molecular flexibility index (Phi) is 5.36. The maximum absolute atomic E-state index is 13.4. The van der Waals surface area contributed by atoms with E-state index >= 15 is 0 Å². The first kappa shape index (κ1) is 21.5. The van der Waals surface area contributed by atoms with Crippen LogP contribution in [0.3, 0.4) is 0 Å². The molecule has 0 saturated carbocycles. The Labute approximate surface area is 183 Å². The van der Waals surface area contributed by atoms with Gasteiger partial charge in [0.05, 0.1) is 33.8 Å². The number of benzene rings is 1. The zero-order chi connectivity index (χ0) is 22.4. The standard InChI is InChI=1S/C19H12ClF3N4O2S2/c1-31(28,29)18-5-3-12(8-24-18)27-16(7-17(26-27)19(21,22)23)11-2-4-13(14(20)6-11)15-9-30-10-25-15/h2-10H,1H3. The molecule has 160 valence electrons. The van der Waals surface area contributed by atoms with Gasteiger partial charge in [-0.3, -0.25) is 0 Å². The molecule has 4 rings (SSSR count). The highest BCUT2D eigenvalue weighted by atomic mass is 35.5. The van der Waals surface area contributed by atoms with Crippen LogP contribution in [0.25, 0.3) is 28.2 Å². The van der Waals surface area contributed by atoms with E-state index in [0.29, 0.717) is 21.8 Å². The Hall–Kier alpha value is -2.76. The number of sulfone groups is 1. The summed E-state index contributed by atoms with van der Waals surface area (Å²) in [5.41, 5.74) is 2.52. The molecule has 0 radical (unpaired) electrons. The van der Waals surface area contributed by atoms with Crippen molar-refractivity contribution in [2.24, 2.45) is 0 Å². The van der Waals surface area contributed by atoms with Gasteiger partial charge in [-0.1, -0.05) is 23.7 Å². The van der Waals surface area contributed by atoms with Crippen LogP contribution >= 0.6 is 22.9 Å². The van der Waals surface area contributed by atoms with Crippen molar-refractivity contribution in [1.29, 1.82) is 0 Å². The SMILES string of the molecule is CS(=O)(=O)c1ccc(-n2nc(C(F)(F)F)cc2-c2ccc(-c3cscn3)c(Cl)c2)cn1. The summed E-state index contributed by atoms with van der Waals surface area (Å²) in [5.74, 6) is 0. The number of thiazole rings is 1. The lowest BCUT2D eigenvalue weighted by Gasteiger charge is -2.09. The average molecular weight is 485 g/mol. The summed E-state index contributed by atoms with van der Waals surface area (Å²) in [6.07, 6.45) is -2.54. The van der Waals surface area contributed by atoms with Crippen LogP contribution in [0.1, 0.15) is 5.69 Å². The molecule has 0 fully saturated rings. The Bertz CT molecular complexity index is 1350. The Balaban J connectivity index is 1.84. The Morgan fingerprint density at radius 1 is 1.10 bits per heavy atom. The third-order valence-electron chi connectivity index (χ3n) is 4.32. The molecule has 0 amide bonds. The summed E-state index contributed by atoms with van der Waals surface area (Å²) in [6, 6.07) is 8.27. The number of aromatic nitrogens is 4. The summed E-state index contributed by atoms with van der Waals surface area (Å²) in [6.45, 7) is 0. The maximum Gasteiger partial charge on any atom is 0.435 e. The van der Waals surface area contributed by atoms with Crippen LogP contribution in [0.15, 0.2) is 58.5 Å². The molecule has 0 unspecified atom stereocenters. The molecule has 1 aromatic carbocycles. The molecule has 0 aliphatic heterocycles. The largest absolute Gasteiger partial charge is 0.435 e. The van der Waals surface area contributed by atoms with Crippen LogP contribution in [-0.2, 0) is 16.0 Å². The van der Waals surface area contributed by atoms with Gasteiger partial charge < -0.3 is 0 Å². The molecule has 0 aliphatic carbocycles. The number of rotatable bonds is 4. The van der Waals surface area contributed by atoms with Gasteiger partial charge in [-0.2, -0.15) is 18.3 Å². The fourth-order valence-corrected chi connectivity index (χ4v) is 4.26. The summed E-state index contributed by atoms with van der Waals surface area (Å²) in [5, 5.41) is 5.60. The minimum absolute atomic E-state index is 0.118. The zero-order valence-corrected chi connectivity index (χ0v) is 18.0. The molecular weight excluding hydrogens is 473 g/mol. The molecule has 12 heteroatoms. The van der Waals surface area contributed by atoms with Gasteiger partial charge in [0.15, 0.2) is 20.6 Å². The van der Waals surface area contributed by atoms with Crippen molar-refractivity contribution in [3.8, 4) is 28.2 Å². The average Bonchev–Trinajstić information content (AvgIpc) is 3.37. The van der Waals surface area contributed by atoms with E-state index in [0.717, 1.165) is 23.2 Å². The van der Waals surface area contributed by atoms with Gasteiger partial charge in [0.25, 0.3) is 0 Å². The third kappa shape index (κ3) is 4.34. The van der Waals surface area contributed by atoms with Crippen LogP contribution in [0.4, 0.5) is 13.2 Å². The van der Waals surface area contributed by atoms with Crippen LogP contribution < -0.4 is 0 Å². The molecule has 0 N–H and O–H groups in total. The number of halogens is 4. The summed E-state index contributed by atoms with van der Waals surface area (Å²) < 4.78 is 64.4. The second-order valence-corrected chi connectivity index (χ2v) is 9.61. The van der Waals surface area contributed by atoms with Crippen molar-refractivity contribution in [3.05, 3.63) is 64.2 Å². The second kappa shape index (κ2) is 7.74. The molecule has 0 spiro atoms. The van der Waals surface area contributed by atoms with Crippen molar-refractivity contribution < 1.29 is 21.6 Å². The maximum atomic E-state index is 13.4. The predicted molar refractivity (Wildman–Crippen MR) is 111 cm³/mol. The number of nitrogens with zero attached hydrogens (tertiary/aromatic N) is 4. The van der Waals surface area contributed by atoms with Crippen molar-refractivity contribution in [1.82, 2.24) is 19.7 Å². The highest BCUT2D eigenvalue weighted by Crippen LogP contribution is 2.36. The van der Waals surface area contributed by atoms with Crippen molar-refractivity contribution >= 4 is 32.8 Å². The minimum Gasteiger partial charge on any atom is -0.245 e. The monoisotopic (exact) mass is 484 g/mol. The normalized spacial score (nSPS) is 12.3. The second-order valence-electron chi connectivity index (χ2n) is 6.52. The summed E-state index contributed by atoms with van der Waals surface area (Å²) in [4.78, 5) is 8.02. The van der Waals surface area contributed by atoms with Gasteiger partial charge in [0.1, 0.15) is 0 Å². The van der Waals surface area contributed by atoms with E-state index in [-0.39, 0.29) is 16.4 Å². The van der Waals surface area contributed by atoms with Crippen LogP contribution in [0.2, 0.25) is 5.02 Å². The quantitative estimate of drug-likeness (QED) is 0.401. The lowest BCUT2D eigenvalue weighted by atomic mass is 10.1. The van der Waals surface area contributed by atoms with Gasteiger partial charge in [-0.25, -0.2) is 23.1 Å². The number of hydrogen-bond acceptors (Lipinski definition) is 6. The predicted octanol–water partition coefficient (Wildman–Crippen LogP) is 5.13. The molecule has 0 aliphatic rings. The number of hydrogen-bond donors (Lipinski definition) is 0. The lowest BCUT2D eigenvalue weighted by molar-refractivity contribution is -0.141. The first-order valence-electron chi connectivity index (χ1n) is 8.56. The van der Waals surface area contributed by atoms with E-state index in [4.69, 9.17) is 11.6 Å². The first-order valence-corrected chi connectivity index (χ1v) is 11.8. The Morgan fingerprint density at radius 3 is 2.42 bits per heavy atom. The van der Waals surface area contributed by atoms with Crippen LogP contribution in [0.5, 0.6) is 0 Å². The molecular formula is C19H12ClF3N4O2S2. The van der Waals surface area contributed by atoms with E-state index in [1.807, 2.05) is 5.38 Å². The topological polar surface area (TPSA) is 77.7 Å². The van der Waals surface area contributed by atoms with Crippen molar-refractivity contribution in [2.45, 2.75) is 11.2 Å². The molecule has 31 heavy (non-hydrogen) atoms. The van der Waals surface area contributed by atoms with Gasteiger partial charge >= 0.3 is 6.18 Å². The van der Waals surface area contributed by atoms with Gasteiger partial charge in [0.2, 0.25) is 0 Å². The molecule has 6 nitrogen and oxygen atoms in total. The molecule has 4 aromatic rings. The summed E-state index contributed by atoms with van der Waals surface area (Å²) in [7, 11) is -3.56. The molecule has 3 aromatic heterocycles. The van der Waals surface area contributed by atoms with E-state index in [2.05, 4.69) is 15.1 Å². The van der Waals surface area contributed by atoms with Crippen molar-refractivity contribution in [2.75, 3.05) is 6.26 Å². The van der Waals surface area contributed by atoms with E-state index in [9.17, 15) is 21.6 Å². The molecule has 3 heterocycles. The lowest BCUT2D eigenvalue weighted by Crippen LogP contribution is -2.08. The molecule has 0 saturated heterocycles. The highest BCUT2D eigenvalue weighted by Gasteiger charge is 2.35. The highest BCUT2D eigenvalue weighted by molar-refractivity contribution is 7.90. The summed E-state index contributed by atoms with van der Waals surface area (Å²) >= 11 is 7.76. The van der Waals surface area contributed by atoms with E-state index in [1.54, 1.807) is 17.6 Å². The number of pyridine rings is 1. The third-order valence-corrected chi connectivity index (χ3v) is 6.22. The number of alkyl halides is 3. The van der Waals surface area contributed by atoms with Crippen molar-refractivity contribution in [3.63, 3.8) is 0 Å². The molecule has 0 bridgehead atoms. The molecule has 0 atom stereocenters. The van der Waals surface area contributed by atoms with Gasteiger partial charge in [0, 0.05) is 22.8 Å².